The van der Waals surface area contributed by atoms with Crippen molar-refractivity contribution in [2.24, 2.45) is 0 Å². The number of rotatable bonds is 11. The van der Waals surface area contributed by atoms with Gasteiger partial charge in [-0.2, -0.15) is 0 Å². The standard InChI is InChI=1S/C24H30N2O6/c1-19(27)32-18-26(24(29)31-3)22(23(28)30-2)14-15-25(16-20-10-6-4-7-11-20)17-21-12-8-5-9-13-21/h4-13,22H,14-18H2,1-3H3. The SMILES string of the molecule is COC(=O)C(CCN(Cc1ccccc1)Cc1ccccc1)N(COC(C)=O)C(=O)OC. The zero-order valence-electron chi connectivity index (χ0n) is 18.7. The minimum Gasteiger partial charge on any atom is -0.467 e. The van der Waals surface area contributed by atoms with Crippen LogP contribution in [0.3, 0.4) is 0 Å². The molecule has 0 saturated heterocycles. The molecule has 0 spiro atoms. The van der Waals surface area contributed by atoms with E-state index in [1.54, 1.807) is 0 Å². The fourth-order valence-corrected chi connectivity index (χ4v) is 3.29. The van der Waals surface area contributed by atoms with Crippen LogP contribution >= 0.6 is 0 Å². The molecule has 0 radical (unpaired) electrons. The first-order chi connectivity index (χ1) is 15.4. The number of hydrogen-bond acceptors (Lipinski definition) is 7. The van der Waals surface area contributed by atoms with Crippen LogP contribution in [-0.2, 0) is 36.9 Å². The van der Waals surface area contributed by atoms with E-state index in [0.29, 0.717) is 19.6 Å². The average Bonchev–Trinajstić information content (AvgIpc) is 2.81. The maximum absolute atomic E-state index is 12.5. The smallest absolute Gasteiger partial charge is 0.412 e. The van der Waals surface area contributed by atoms with Crippen LogP contribution in [-0.4, -0.2) is 61.4 Å². The van der Waals surface area contributed by atoms with Gasteiger partial charge in [0.15, 0.2) is 6.73 Å². The lowest BCUT2D eigenvalue weighted by molar-refractivity contribution is -0.155. The van der Waals surface area contributed by atoms with E-state index in [1.807, 2.05) is 60.7 Å². The highest BCUT2D eigenvalue weighted by Crippen LogP contribution is 2.15. The second kappa shape index (κ2) is 13.1. The normalized spacial score (nSPS) is 11.5. The van der Waals surface area contributed by atoms with Gasteiger partial charge in [-0.3, -0.25) is 14.6 Å². The number of esters is 2. The van der Waals surface area contributed by atoms with Gasteiger partial charge in [-0.1, -0.05) is 60.7 Å². The lowest BCUT2D eigenvalue weighted by Gasteiger charge is -2.30. The van der Waals surface area contributed by atoms with Gasteiger partial charge >= 0.3 is 18.0 Å². The molecule has 0 N–H and O–H groups in total. The van der Waals surface area contributed by atoms with E-state index in [4.69, 9.17) is 14.2 Å². The number of carbonyl (C=O) groups excluding carboxylic acids is 3. The summed E-state index contributed by atoms with van der Waals surface area (Å²) in [7, 11) is 2.46. The van der Waals surface area contributed by atoms with Crippen LogP contribution in [0.25, 0.3) is 0 Å². The molecule has 2 rings (SSSR count). The summed E-state index contributed by atoms with van der Waals surface area (Å²) in [5.74, 6) is -1.18. The van der Waals surface area contributed by atoms with Crippen LogP contribution in [0.5, 0.6) is 0 Å². The predicted molar refractivity (Wildman–Crippen MR) is 118 cm³/mol. The molecular formula is C24H30N2O6. The van der Waals surface area contributed by atoms with Crippen LogP contribution in [0.15, 0.2) is 60.7 Å². The van der Waals surface area contributed by atoms with Gasteiger partial charge in [0, 0.05) is 26.6 Å². The van der Waals surface area contributed by atoms with Crippen LogP contribution in [0.4, 0.5) is 4.79 Å². The third kappa shape index (κ3) is 8.03. The quantitative estimate of drug-likeness (QED) is 0.300. The molecule has 0 saturated carbocycles. The summed E-state index contributed by atoms with van der Waals surface area (Å²) < 4.78 is 14.7. The summed E-state index contributed by atoms with van der Waals surface area (Å²) in [6, 6.07) is 19.0. The van der Waals surface area contributed by atoms with E-state index < -0.39 is 30.8 Å². The Kier molecular flexibility index (Phi) is 10.2. The van der Waals surface area contributed by atoms with Crippen molar-refractivity contribution in [3.63, 3.8) is 0 Å². The first kappa shape index (κ1) is 24.9. The van der Waals surface area contributed by atoms with Crippen LogP contribution in [0.2, 0.25) is 0 Å². The summed E-state index contributed by atoms with van der Waals surface area (Å²) in [5, 5.41) is 0. The molecule has 1 amide bonds. The molecule has 0 fully saturated rings. The summed E-state index contributed by atoms with van der Waals surface area (Å²) in [5.41, 5.74) is 2.26. The van der Waals surface area contributed by atoms with Gasteiger partial charge in [-0.15, -0.1) is 0 Å². The molecule has 8 nitrogen and oxygen atoms in total. The molecule has 0 aliphatic rings. The van der Waals surface area contributed by atoms with Gasteiger partial charge in [-0.05, 0) is 17.5 Å². The van der Waals surface area contributed by atoms with E-state index in [-0.39, 0.29) is 6.42 Å². The van der Waals surface area contributed by atoms with Gasteiger partial charge in [0.2, 0.25) is 0 Å². The number of nitrogens with zero attached hydrogens (tertiary/aromatic N) is 2. The van der Waals surface area contributed by atoms with Crippen molar-refractivity contribution in [3.8, 4) is 0 Å². The number of methoxy groups -OCH3 is 2. The summed E-state index contributed by atoms with van der Waals surface area (Å²) >= 11 is 0. The molecule has 8 heteroatoms. The minimum atomic E-state index is -0.971. The van der Waals surface area contributed by atoms with Crippen molar-refractivity contribution < 1.29 is 28.6 Å². The molecular weight excluding hydrogens is 412 g/mol. The molecule has 2 aromatic carbocycles. The van der Waals surface area contributed by atoms with Crippen molar-refractivity contribution in [1.82, 2.24) is 9.80 Å². The molecule has 0 bridgehead atoms. The Labute approximate surface area is 188 Å². The predicted octanol–water partition coefficient (Wildman–Crippen LogP) is 3.21. The highest BCUT2D eigenvalue weighted by molar-refractivity contribution is 5.81. The van der Waals surface area contributed by atoms with Crippen LogP contribution in [0, 0.1) is 0 Å². The molecule has 0 aliphatic heterocycles. The molecule has 1 unspecified atom stereocenters. The first-order valence-electron chi connectivity index (χ1n) is 10.3. The van der Waals surface area contributed by atoms with Gasteiger partial charge in [0.05, 0.1) is 14.2 Å². The highest BCUT2D eigenvalue weighted by Gasteiger charge is 2.32. The third-order valence-corrected chi connectivity index (χ3v) is 4.88. The lowest BCUT2D eigenvalue weighted by Crippen LogP contribution is -2.48. The van der Waals surface area contributed by atoms with Gasteiger partial charge in [0.25, 0.3) is 0 Å². The zero-order chi connectivity index (χ0) is 23.3. The highest BCUT2D eigenvalue weighted by atomic mass is 16.6. The van der Waals surface area contributed by atoms with Crippen molar-refractivity contribution in [2.45, 2.75) is 32.5 Å². The van der Waals surface area contributed by atoms with E-state index in [1.165, 1.54) is 21.1 Å². The Bertz CT molecular complexity index is 818. The Hall–Kier alpha value is -3.39. The number of hydrogen-bond donors (Lipinski definition) is 0. The van der Waals surface area contributed by atoms with E-state index in [9.17, 15) is 14.4 Å². The maximum atomic E-state index is 12.5. The Balaban J connectivity index is 2.20. The summed E-state index contributed by atoms with van der Waals surface area (Å²) in [6.45, 7) is 2.62. The van der Waals surface area contributed by atoms with Gasteiger partial charge in [0.1, 0.15) is 6.04 Å². The molecule has 0 aliphatic carbocycles. The fraction of sp³-hybridized carbons (Fsp3) is 0.375. The Morgan fingerprint density at radius 3 is 1.81 bits per heavy atom. The van der Waals surface area contributed by atoms with Crippen molar-refractivity contribution >= 4 is 18.0 Å². The van der Waals surface area contributed by atoms with Crippen molar-refractivity contribution in [1.29, 1.82) is 0 Å². The largest absolute Gasteiger partial charge is 0.467 e. The number of amides is 1. The Morgan fingerprint density at radius 1 is 0.844 bits per heavy atom. The average molecular weight is 443 g/mol. The van der Waals surface area contributed by atoms with E-state index in [0.717, 1.165) is 16.0 Å². The lowest BCUT2D eigenvalue weighted by atomic mass is 10.1. The number of ether oxygens (including phenoxy) is 3. The fourth-order valence-electron chi connectivity index (χ4n) is 3.29. The van der Waals surface area contributed by atoms with Gasteiger partial charge in [-0.25, -0.2) is 9.59 Å². The van der Waals surface area contributed by atoms with Crippen molar-refractivity contribution in [2.75, 3.05) is 27.5 Å². The summed E-state index contributed by atoms with van der Waals surface area (Å²) in [4.78, 5) is 39.3. The second-order valence-corrected chi connectivity index (χ2v) is 7.21. The third-order valence-electron chi connectivity index (χ3n) is 4.88. The molecule has 1 atom stereocenters. The second-order valence-electron chi connectivity index (χ2n) is 7.21. The first-order valence-corrected chi connectivity index (χ1v) is 10.3. The van der Waals surface area contributed by atoms with Crippen LogP contribution < -0.4 is 0 Å². The summed E-state index contributed by atoms with van der Waals surface area (Å²) in [6.07, 6.45) is -0.512. The monoisotopic (exact) mass is 442 g/mol. The van der Waals surface area contributed by atoms with Crippen molar-refractivity contribution in [3.05, 3.63) is 71.8 Å². The zero-order valence-corrected chi connectivity index (χ0v) is 18.7. The molecule has 32 heavy (non-hydrogen) atoms. The maximum Gasteiger partial charge on any atom is 0.412 e. The van der Waals surface area contributed by atoms with Gasteiger partial charge < -0.3 is 14.2 Å². The molecule has 0 heterocycles. The van der Waals surface area contributed by atoms with E-state index >= 15 is 0 Å². The van der Waals surface area contributed by atoms with Crippen LogP contribution in [0.1, 0.15) is 24.5 Å². The molecule has 0 aromatic heterocycles. The van der Waals surface area contributed by atoms with E-state index in [2.05, 4.69) is 4.90 Å². The topological polar surface area (TPSA) is 85.4 Å². The molecule has 2 aromatic rings. The molecule has 172 valence electrons. The number of benzene rings is 2. The number of carbonyl (C=O) groups is 3. The Morgan fingerprint density at radius 2 is 1.38 bits per heavy atom. The minimum absolute atomic E-state index is 0.267.